The molecule has 0 saturated carbocycles. The highest BCUT2D eigenvalue weighted by Crippen LogP contribution is 2.07. The summed E-state index contributed by atoms with van der Waals surface area (Å²) in [5.74, 6) is 0.124. The van der Waals surface area contributed by atoms with Gasteiger partial charge in [-0.1, -0.05) is 17.7 Å². The fourth-order valence-corrected chi connectivity index (χ4v) is 2.56. The van der Waals surface area contributed by atoms with E-state index >= 15 is 0 Å². The Balaban J connectivity index is 1.77. The Morgan fingerprint density at radius 2 is 1.68 bits per heavy atom. The van der Waals surface area contributed by atoms with Crippen molar-refractivity contribution in [2.45, 2.75) is 13.8 Å². The van der Waals surface area contributed by atoms with Crippen LogP contribution in [0.1, 0.15) is 12.5 Å². The summed E-state index contributed by atoms with van der Waals surface area (Å²) in [4.78, 5) is 15.0. The Labute approximate surface area is 115 Å². The fraction of sp³-hybridized carbons (Fsp3) is 0.533. The Hall–Kier alpha value is -1.39. The van der Waals surface area contributed by atoms with E-state index in [1.165, 1.54) is 30.1 Å². The van der Waals surface area contributed by atoms with Gasteiger partial charge in [0.1, 0.15) is 26.2 Å². The highest BCUT2D eigenvalue weighted by molar-refractivity contribution is 5.91. The summed E-state index contributed by atoms with van der Waals surface area (Å²) in [6.07, 6.45) is 0. The molecule has 0 aromatic heterocycles. The van der Waals surface area contributed by atoms with Crippen molar-refractivity contribution < 1.29 is 14.6 Å². The van der Waals surface area contributed by atoms with Gasteiger partial charge in [-0.15, -0.1) is 0 Å². The number of amides is 1. The first-order valence-corrected chi connectivity index (χ1v) is 7.21. The number of anilines is 1. The van der Waals surface area contributed by atoms with Crippen LogP contribution in [0.25, 0.3) is 0 Å². The van der Waals surface area contributed by atoms with Gasteiger partial charge in [0.25, 0.3) is 5.91 Å². The third-order valence-electron chi connectivity index (χ3n) is 3.91. The summed E-state index contributed by atoms with van der Waals surface area (Å²) in [6.45, 7) is 10.6. The van der Waals surface area contributed by atoms with Crippen molar-refractivity contribution in [1.82, 2.24) is 0 Å². The van der Waals surface area contributed by atoms with Gasteiger partial charge in [-0.25, -0.2) is 0 Å². The number of carbonyl (C=O) groups excluding carboxylic acids is 1. The average molecular weight is 263 g/mol. The van der Waals surface area contributed by atoms with Gasteiger partial charge in [-0.05, 0) is 26.0 Å². The molecule has 0 unspecified atom stereocenters. The van der Waals surface area contributed by atoms with Crippen molar-refractivity contribution in [3.05, 3.63) is 29.8 Å². The van der Waals surface area contributed by atoms with Crippen LogP contribution in [-0.2, 0) is 4.79 Å². The van der Waals surface area contributed by atoms with E-state index in [4.69, 9.17) is 0 Å². The van der Waals surface area contributed by atoms with Gasteiger partial charge in [-0.2, -0.15) is 0 Å². The maximum absolute atomic E-state index is 12.0. The second kappa shape index (κ2) is 6.68. The molecule has 4 nitrogen and oxygen atoms in total. The van der Waals surface area contributed by atoms with Crippen molar-refractivity contribution in [3.63, 3.8) is 0 Å². The summed E-state index contributed by atoms with van der Waals surface area (Å²) in [5, 5.41) is 2.98. The lowest BCUT2D eigenvalue weighted by Crippen LogP contribution is -3.28. The third-order valence-corrected chi connectivity index (χ3v) is 3.91. The van der Waals surface area contributed by atoms with Crippen LogP contribution in [0.4, 0.5) is 5.69 Å². The molecule has 2 rings (SSSR count). The molecule has 1 saturated heterocycles. The molecule has 0 spiro atoms. The van der Waals surface area contributed by atoms with Crippen LogP contribution in [0, 0.1) is 6.92 Å². The second-order valence-corrected chi connectivity index (χ2v) is 5.44. The number of nitrogens with one attached hydrogen (secondary N) is 3. The maximum atomic E-state index is 12.0. The maximum Gasteiger partial charge on any atom is 0.279 e. The van der Waals surface area contributed by atoms with Crippen LogP contribution in [0.5, 0.6) is 0 Å². The Bertz CT molecular complexity index is 408. The van der Waals surface area contributed by atoms with Crippen molar-refractivity contribution >= 4 is 11.6 Å². The molecule has 0 bridgehead atoms. The zero-order chi connectivity index (χ0) is 13.7. The van der Waals surface area contributed by atoms with E-state index in [1.807, 2.05) is 31.2 Å². The second-order valence-electron chi connectivity index (χ2n) is 5.44. The SMILES string of the molecule is CC[NH+]1CC[NH+](CC(=O)Nc2ccc(C)cc2)CC1. The Morgan fingerprint density at radius 3 is 2.26 bits per heavy atom. The highest BCUT2D eigenvalue weighted by atomic mass is 16.2. The van der Waals surface area contributed by atoms with E-state index < -0.39 is 0 Å². The zero-order valence-electron chi connectivity index (χ0n) is 12.0. The normalized spacial score (nSPS) is 23.1. The molecule has 0 radical (unpaired) electrons. The first kappa shape index (κ1) is 14.0. The molecule has 1 aromatic rings. The van der Waals surface area contributed by atoms with Crippen LogP contribution in [0.2, 0.25) is 0 Å². The number of carbonyl (C=O) groups is 1. The lowest BCUT2D eigenvalue weighted by Gasteiger charge is -2.28. The largest absolute Gasteiger partial charge is 0.326 e. The van der Waals surface area contributed by atoms with Crippen molar-refractivity contribution in [2.75, 3.05) is 44.6 Å². The molecule has 0 aliphatic carbocycles. The fourth-order valence-electron chi connectivity index (χ4n) is 2.56. The van der Waals surface area contributed by atoms with Gasteiger partial charge in [0.15, 0.2) is 6.54 Å². The van der Waals surface area contributed by atoms with Crippen LogP contribution < -0.4 is 15.1 Å². The lowest BCUT2D eigenvalue weighted by molar-refractivity contribution is -1.01. The van der Waals surface area contributed by atoms with Crippen LogP contribution in [-0.4, -0.2) is 45.2 Å². The molecule has 1 heterocycles. The molecule has 19 heavy (non-hydrogen) atoms. The molecule has 104 valence electrons. The molecular weight excluding hydrogens is 238 g/mol. The summed E-state index contributed by atoms with van der Waals surface area (Å²) < 4.78 is 0. The molecule has 3 N–H and O–H groups in total. The molecule has 0 atom stereocenters. The van der Waals surface area contributed by atoms with E-state index in [0.717, 1.165) is 18.8 Å². The third kappa shape index (κ3) is 4.33. The van der Waals surface area contributed by atoms with Gasteiger partial charge >= 0.3 is 0 Å². The van der Waals surface area contributed by atoms with Crippen molar-refractivity contribution in [3.8, 4) is 0 Å². The first-order valence-electron chi connectivity index (χ1n) is 7.21. The molecule has 1 aliphatic rings. The number of piperazine rings is 1. The number of quaternary nitrogens is 2. The smallest absolute Gasteiger partial charge is 0.279 e. The molecule has 1 aromatic carbocycles. The molecule has 4 heteroatoms. The minimum absolute atomic E-state index is 0.124. The molecule has 1 aliphatic heterocycles. The number of likely N-dealkylation sites (N-methyl/N-ethyl adjacent to an activating group) is 1. The van der Waals surface area contributed by atoms with Gasteiger partial charge in [0.05, 0.1) is 6.54 Å². The van der Waals surface area contributed by atoms with Crippen LogP contribution >= 0.6 is 0 Å². The van der Waals surface area contributed by atoms with E-state index in [9.17, 15) is 4.79 Å². The number of benzene rings is 1. The monoisotopic (exact) mass is 263 g/mol. The number of aryl methyl sites for hydroxylation is 1. The number of hydrogen-bond acceptors (Lipinski definition) is 1. The quantitative estimate of drug-likeness (QED) is 0.623. The minimum atomic E-state index is 0.124. The summed E-state index contributed by atoms with van der Waals surface area (Å²) in [6, 6.07) is 7.96. The van der Waals surface area contributed by atoms with Crippen LogP contribution in [0.15, 0.2) is 24.3 Å². The number of rotatable bonds is 4. The van der Waals surface area contributed by atoms with E-state index in [-0.39, 0.29) is 5.91 Å². The Morgan fingerprint density at radius 1 is 1.11 bits per heavy atom. The van der Waals surface area contributed by atoms with Gasteiger partial charge < -0.3 is 15.1 Å². The van der Waals surface area contributed by atoms with Gasteiger partial charge in [0.2, 0.25) is 0 Å². The standard InChI is InChI=1S/C15H23N3O/c1-3-17-8-10-18(11-9-17)12-15(19)16-14-6-4-13(2)5-7-14/h4-7H,3,8-12H2,1-2H3,(H,16,19)/p+2. The predicted octanol–water partition coefficient (Wildman–Crippen LogP) is -1.26. The highest BCUT2D eigenvalue weighted by Gasteiger charge is 2.23. The predicted molar refractivity (Wildman–Crippen MR) is 76.6 cm³/mol. The first-order chi connectivity index (χ1) is 9.17. The Kier molecular flexibility index (Phi) is 4.93. The van der Waals surface area contributed by atoms with Crippen molar-refractivity contribution in [2.24, 2.45) is 0 Å². The van der Waals surface area contributed by atoms with E-state index in [0.29, 0.717) is 6.54 Å². The summed E-state index contributed by atoms with van der Waals surface area (Å²) >= 11 is 0. The molecule has 1 fully saturated rings. The zero-order valence-corrected chi connectivity index (χ0v) is 12.0. The lowest BCUT2D eigenvalue weighted by atomic mass is 10.2. The van der Waals surface area contributed by atoms with Gasteiger partial charge in [0, 0.05) is 5.69 Å². The van der Waals surface area contributed by atoms with Gasteiger partial charge in [-0.3, -0.25) is 4.79 Å². The summed E-state index contributed by atoms with van der Waals surface area (Å²) in [5.41, 5.74) is 2.11. The average Bonchev–Trinajstić information content (AvgIpc) is 2.42. The molecular formula is C15H25N3O+2. The van der Waals surface area contributed by atoms with E-state index in [1.54, 1.807) is 4.90 Å². The van der Waals surface area contributed by atoms with Crippen molar-refractivity contribution in [1.29, 1.82) is 0 Å². The van der Waals surface area contributed by atoms with Crippen LogP contribution in [0.3, 0.4) is 0 Å². The topological polar surface area (TPSA) is 38.0 Å². The van der Waals surface area contributed by atoms with E-state index in [2.05, 4.69) is 12.2 Å². The summed E-state index contributed by atoms with van der Waals surface area (Å²) in [7, 11) is 0. The minimum Gasteiger partial charge on any atom is -0.326 e. The molecule has 1 amide bonds. The number of hydrogen-bond donors (Lipinski definition) is 3.